The van der Waals surface area contributed by atoms with Gasteiger partial charge in [-0.25, -0.2) is 9.37 Å². The molecule has 164 valence electrons. The quantitative estimate of drug-likeness (QED) is 0.419. The summed E-state index contributed by atoms with van der Waals surface area (Å²) in [5.74, 6) is -0.758. The molecule has 0 aliphatic heterocycles. The van der Waals surface area contributed by atoms with Crippen molar-refractivity contribution in [2.24, 2.45) is 0 Å². The predicted molar refractivity (Wildman–Crippen MR) is 118 cm³/mol. The molecule has 2 aromatic carbocycles. The second-order valence-corrected chi connectivity index (χ2v) is 8.94. The summed E-state index contributed by atoms with van der Waals surface area (Å²) in [6.07, 6.45) is 1.08. The molecule has 1 amide bonds. The minimum Gasteiger partial charge on any atom is -0.346 e. The van der Waals surface area contributed by atoms with Crippen LogP contribution in [0.2, 0.25) is 0 Å². The molecular formula is C21H22FN3O4S2. The molecular weight excluding hydrogens is 441 g/mol. The van der Waals surface area contributed by atoms with Crippen LogP contribution >= 0.6 is 11.3 Å². The van der Waals surface area contributed by atoms with Gasteiger partial charge in [-0.05, 0) is 42.2 Å². The molecule has 0 radical (unpaired) electrons. The van der Waals surface area contributed by atoms with E-state index in [0.717, 1.165) is 22.7 Å². The molecule has 3 N–H and O–H groups in total. The maximum Gasteiger partial charge on any atom is 0.357 e. The van der Waals surface area contributed by atoms with Gasteiger partial charge in [0.2, 0.25) is 5.91 Å². The van der Waals surface area contributed by atoms with Crippen molar-refractivity contribution in [3.05, 3.63) is 81.6 Å². The highest BCUT2D eigenvalue weighted by molar-refractivity contribution is 7.87. The first-order chi connectivity index (χ1) is 14.7. The zero-order chi connectivity index (χ0) is 22.4. The lowest BCUT2D eigenvalue weighted by atomic mass is 10.0. The second kappa shape index (κ2) is 9.99. The number of benzene rings is 2. The monoisotopic (exact) mass is 463 g/mol. The van der Waals surface area contributed by atoms with E-state index in [-0.39, 0.29) is 18.0 Å². The molecule has 0 aliphatic rings. The Morgan fingerprint density at radius 2 is 1.90 bits per heavy atom. The zero-order valence-electron chi connectivity index (χ0n) is 16.7. The number of anilines is 1. The van der Waals surface area contributed by atoms with Crippen LogP contribution in [0.25, 0.3) is 0 Å². The van der Waals surface area contributed by atoms with E-state index in [1.54, 1.807) is 30.3 Å². The van der Waals surface area contributed by atoms with Crippen LogP contribution in [0.15, 0.2) is 53.9 Å². The van der Waals surface area contributed by atoms with Gasteiger partial charge in [0.25, 0.3) is 0 Å². The van der Waals surface area contributed by atoms with Gasteiger partial charge in [-0.2, -0.15) is 8.42 Å². The van der Waals surface area contributed by atoms with Gasteiger partial charge in [0.1, 0.15) is 10.8 Å². The van der Waals surface area contributed by atoms with E-state index in [4.69, 9.17) is 4.55 Å². The summed E-state index contributed by atoms with van der Waals surface area (Å²) in [6.45, 7) is 1.99. The Morgan fingerprint density at radius 3 is 2.52 bits per heavy atom. The van der Waals surface area contributed by atoms with Crippen LogP contribution in [0.4, 0.5) is 10.1 Å². The van der Waals surface area contributed by atoms with E-state index in [1.807, 2.05) is 17.0 Å². The number of amides is 1. The third kappa shape index (κ3) is 6.84. The average molecular weight is 464 g/mol. The summed E-state index contributed by atoms with van der Waals surface area (Å²) < 4.78 is 46.6. The molecule has 1 heterocycles. The third-order valence-electron chi connectivity index (χ3n) is 4.51. The molecule has 0 aliphatic carbocycles. The van der Waals surface area contributed by atoms with E-state index < -0.39 is 22.2 Å². The number of hydrogen-bond donors (Lipinski definition) is 3. The zero-order valence-corrected chi connectivity index (χ0v) is 18.3. The van der Waals surface area contributed by atoms with E-state index >= 15 is 0 Å². The van der Waals surface area contributed by atoms with Gasteiger partial charge < -0.3 is 5.32 Å². The molecule has 10 heteroatoms. The molecule has 31 heavy (non-hydrogen) atoms. The van der Waals surface area contributed by atoms with E-state index in [0.29, 0.717) is 12.0 Å². The van der Waals surface area contributed by atoms with Crippen LogP contribution in [-0.2, 0) is 34.4 Å². The first-order valence-electron chi connectivity index (χ1n) is 9.54. The lowest BCUT2D eigenvalue weighted by molar-refractivity contribution is -0.121. The van der Waals surface area contributed by atoms with Crippen molar-refractivity contribution in [3.8, 4) is 0 Å². The third-order valence-corrected chi connectivity index (χ3v) is 6.02. The van der Waals surface area contributed by atoms with Crippen molar-refractivity contribution in [2.75, 3.05) is 4.72 Å². The fourth-order valence-electron chi connectivity index (χ4n) is 3.00. The van der Waals surface area contributed by atoms with Gasteiger partial charge in [-0.3, -0.25) is 14.1 Å². The lowest BCUT2D eigenvalue weighted by Crippen LogP contribution is -2.31. The molecule has 1 aromatic heterocycles. The largest absolute Gasteiger partial charge is 0.357 e. The number of nitrogens with zero attached hydrogens (tertiary/aromatic N) is 1. The van der Waals surface area contributed by atoms with Crippen LogP contribution in [0, 0.1) is 5.82 Å². The molecule has 7 nitrogen and oxygen atoms in total. The van der Waals surface area contributed by atoms with Crippen molar-refractivity contribution >= 4 is 33.2 Å². The highest BCUT2D eigenvalue weighted by Gasteiger charge is 2.20. The number of aryl methyl sites for hydroxylation is 1. The number of halogens is 1. The number of carbonyl (C=O) groups is 1. The molecule has 0 bridgehead atoms. The Kier molecular flexibility index (Phi) is 7.37. The topological polar surface area (TPSA) is 108 Å². The van der Waals surface area contributed by atoms with Crippen molar-refractivity contribution in [1.29, 1.82) is 0 Å². The number of aromatic nitrogens is 1. The first kappa shape index (κ1) is 22.9. The normalized spacial score (nSPS) is 12.4. The Labute approximate surface area is 184 Å². The Balaban J connectivity index is 1.76. The summed E-state index contributed by atoms with van der Waals surface area (Å²) >= 11 is 1.44. The SMILES string of the molecule is CCc1csc([C@H](Cc2ccc(NS(=O)(=O)O)cc2)NC(=O)Cc2ccccc2F)n1. The van der Waals surface area contributed by atoms with E-state index in [1.165, 1.54) is 29.5 Å². The van der Waals surface area contributed by atoms with Gasteiger partial charge in [0.05, 0.1) is 23.8 Å². The van der Waals surface area contributed by atoms with Crippen LogP contribution in [0.3, 0.4) is 0 Å². The second-order valence-electron chi connectivity index (χ2n) is 6.90. The maximum absolute atomic E-state index is 13.9. The molecule has 3 rings (SSSR count). The number of nitrogens with one attached hydrogen (secondary N) is 2. The van der Waals surface area contributed by atoms with Crippen molar-refractivity contribution in [1.82, 2.24) is 10.3 Å². The number of rotatable bonds is 9. The highest BCUT2D eigenvalue weighted by Crippen LogP contribution is 2.24. The maximum atomic E-state index is 13.9. The molecule has 0 fully saturated rings. The average Bonchev–Trinajstić information content (AvgIpc) is 3.19. The van der Waals surface area contributed by atoms with Crippen molar-refractivity contribution < 1.29 is 22.2 Å². The molecule has 1 atom stereocenters. The fourth-order valence-corrected chi connectivity index (χ4v) is 4.39. The molecule has 0 spiro atoms. The Morgan fingerprint density at radius 1 is 1.19 bits per heavy atom. The highest BCUT2D eigenvalue weighted by atomic mass is 32.2. The standard InChI is InChI=1S/C21H22FN3O4S2/c1-2-16-13-30-21(23-16)19(24-20(26)12-15-5-3-4-6-18(15)22)11-14-7-9-17(10-8-14)25-31(27,28)29/h3-10,13,19,25H,2,11-12H2,1H3,(H,24,26)(H,27,28,29)/t19-/m0/s1. The van der Waals surface area contributed by atoms with Crippen LogP contribution in [0.1, 0.15) is 34.8 Å². The van der Waals surface area contributed by atoms with Crippen LogP contribution in [-0.4, -0.2) is 23.9 Å². The molecule has 0 saturated carbocycles. The smallest absolute Gasteiger partial charge is 0.346 e. The van der Waals surface area contributed by atoms with Gasteiger partial charge >= 0.3 is 10.3 Å². The van der Waals surface area contributed by atoms with Gasteiger partial charge in [0.15, 0.2) is 0 Å². The summed E-state index contributed by atoms with van der Waals surface area (Å²) in [4.78, 5) is 17.2. The van der Waals surface area contributed by atoms with Crippen molar-refractivity contribution in [3.63, 3.8) is 0 Å². The van der Waals surface area contributed by atoms with Gasteiger partial charge in [0, 0.05) is 5.38 Å². The first-order valence-corrected chi connectivity index (χ1v) is 11.9. The number of thiazole rings is 1. The summed E-state index contributed by atoms with van der Waals surface area (Å²) in [5, 5.41) is 5.61. The van der Waals surface area contributed by atoms with Crippen molar-refractivity contribution in [2.45, 2.75) is 32.2 Å². The van der Waals surface area contributed by atoms with Gasteiger partial charge in [-0.15, -0.1) is 11.3 Å². The predicted octanol–water partition coefficient (Wildman–Crippen LogP) is 3.70. The Hall–Kier alpha value is -2.82. The van der Waals surface area contributed by atoms with E-state index in [9.17, 15) is 17.6 Å². The van der Waals surface area contributed by atoms with Gasteiger partial charge in [-0.1, -0.05) is 37.3 Å². The van der Waals surface area contributed by atoms with E-state index in [2.05, 4.69) is 10.3 Å². The summed E-state index contributed by atoms with van der Waals surface area (Å²) in [7, 11) is -4.35. The number of hydrogen-bond acceptors (Lipinski definition) is 5. The molecule has 0 unspecified atom stereocenters. The Bertz CT molecular complexity index is 1150. The minimum absolute atomic E-state index is 0.0909. The fraction of sp³-hybridized carbons (Fsp3) is 0.238. The summed E-state index contributed by atoms with van der Waals surface area (Å²) in [6, 6.07) is 12.1. The van der Waals surface area contributed by atoms with Crippen LogP contribution in [0.5, 0.6) is 0 Å². The summed E-state index contributed by atoms with van der Waals surface area (Å²) in [5.41, 5.74) is 2.27. The molecule has 3 aromatic rings. The van der Waals surface area contributed by atoms with Crippen LogP contribution < -0.4 is 10.0 Å². The number of carbonyl (C=O) groups excluding carboxylic acids is 1. The molecule has 0 saturated heterocycles. The minimum atomic E-state index is -4.35. The lowest BCUT2D eigenvalue weighted by Gasteiger charge is -2.17.